The predicted molar refractivity (Wildman–Crippen MR) is 70.0 cm³/mol. The first kappa shape index (κ1) is 14.3. The topological polar surface area (TPSA) is 61.6 Å². The van der Waals surface area contributed by atoms with E-state index in [-0.39, 0.29) is 6.03 Å². The summed E-state index contributed by atoms with van der Waals surface area (Å²) >= 11 is 0. The fourth-order valence-corrected chi connectivity index (χ4v) is 2.00. The van der Waals surface area contributed by atoms with Crippen molar-refractivity contribution in [3.63, 3.8) is 0 Å². The molecule has 17 heavy (non-hydrogen) atoms. The van der Waals surface area contributed by atoms with Crippen molar-refractivity contribution < 1.29 is 4.79 Å². The lowest BCUT2D eigenvalue weighted by atomic mass is 10.2. The van der Waals surface area contributed by atoms with Crippen LogP contribution in [0.1, 0.15) is 26.2 Å². The van der Waals surface area contributed by atoms with Crippen LogP contribution in [0.2, 0.25) is 0 Å². The third kappa shape index (κ3) is 5.37. The summed E-state index contributed by atoms with van der Waals surface area (Å²) in [5, 5.41) is 2.92. The Morgan fingerprint density at radius 1 is 1.24 bits per heavy atom. The zero-order chi connectivity index (χ0) is 12.5. The zero-order valence-corrected chi connectivity index (χ0v) is 11.0. The first-order valence-corrected chi connectivity index (χ1v) is 6.73. The van der Waals surface area contributed by atoms with Gasteiger partial charge in [-0.25, -0.2) is 4.79 Å². The van der Waals surface area contributed by atoms with Crippen LogP contribution in [-0.2, 0) is 0 Å². The van der Waals surface area contributed by atoms with E-state index in [2.05, 4.69) is 17.1 Å². The van der Waals surface area contributed by atoms with Gasteiger partial charge in [0.1, 0.15) is 0 Å². The average molecular weight is 242 g/mol. The SMILES string of the molecule is CCCNC(=O)N1CCN(CCCCN)CC1. The zero-order valence-electron chi connectivity index (χ0n) is 11.0. The standard InChI is InChI=1S/C12H26N4O/c1-2-6-14-12(17)16-10-8-15(9-11-16)7-4-3-5-13/h2-11,13H2,1H3,(H,14,17). The van der Waals surface area contributed by atoms with Crippen LogP contribution >= 0.6 is 0 Å². The largest absolute Gasteiger partial charge is 0.338 e. The number of rotatable bonds is 6. The van der Waals surface area contributed by atoms with Crippen LogP contribution in [0.15, 0.2) is 0 Å². The molecule has 100 valence electrons. The molecule has 0 aromatic heterocycles. The number of piperazine rings is 1. The third-order valence-corrected chi connectivity index (χ3v) is 3.11. The molecule has 0 radical (unpaired) electrons. The molecule has 1 aliphatic rings. The summed E-state index contributed by atoms with van der Waals surface area (Å²) in [5.74, 6) is 0. The molecule has 5 nitrogen and oxygen atoms in total. The van der Waals surface area contributed by atoms with Gasteiger partial charge in [-0.05, 0) is 32.4 Å². The normalized spacial score (nSPS) is 17.2. The van der Waals surface area contributed by atoms with Gasteiger partial charge in [0.25, 0.3) is 0 Å². The number of carbonyl (C=O) groups excluding carboxylic acids is 1. The molecule has 5 heteroatoms. The minimum atomic E-state index is 0.0912. The minimum Gasteiger partial charge on any atom is -0.338 e. The second-order valence-electron chi connectivity index (χ2n) is 4.56. The highest BCUT2D eigenvalue weighted by Crippen LogP contribution is 2.03. The summed E-state index contributed by atoms with van der Waals surface area (Å²) in [4.78, 5) is 16.0. The number of unbranched alkanes of at least 4 members (excludes halogenated alkanes) is 1. The first-order chi connectivity index (χ1) is 8.27. The highest BCUT2D eigenvalue weighted by molar-refractivity contribution is 5.74. The lowest BCUT2D eigenvalue weighted by Gasteiger charge is -2.34. The van der Waals surface area contributed by atoms with Gasteiger partial charge in [-0.1, -0.05) is 6.92 Å². The minimum absolute atomic E-state index is 0.0912. The van der Waals surface area contributed by atoms with Crippen molar-refractivity contribution in [3.8, 4) is 0 Å². The van der Waals surface area contributed by atoms with E-state index in [1.807, 2.05) is 4.90 Å². The van der Waals surface area contributed by atoms with E-state index in [1.54, 1.807) is 0 Å². The van der Waals surface area contributed by atoms with E-state index >= 15 is 0 Å². The van der Waals surface area contributed by atoms with E-state index in [4.69, 9.17) is 5.73 Å². The second kappa shape index (κ2) is 8.31. The smallest absolute Gasteiger partial charge is 0.317 e. The van der Waals surface area contributed by atoms with Gasteiger partial charge in [-0.2, -0.15) is 0 Å². The van der Waals surface area contributed by atoms with Crippen LogP contribution in [0, 0.1) is 0 Å². The maximum atomic E-state index is 11.7. The molecule has 1 saturated heterocycles. The summed E-state index contributed by atoms with van der Waals surface area (Å²) in [6.07, 6.45) is 3.25. The van der Waals surface area contributed by atoms with Crippen LogP contribution in [0.3, 0.4) is 0 Å². The Balaban J connectivity index is 2.14. The lowest BCUT2D eigenvalue weighted by Crippen LogP contribution is -2.51. The number of amides is 2. The number of hydrogen-bond donors (Lipinski definition) is 2. The van der Waals surface area contributed by atoms with Crippen molar-refractivity contribution in [1.82, 2.24) is 15.1 Å². The number of nitrogens with two attached hydrogens (primary N) is 1. The van der Waals surface area contributed by atoms with Crippen LogP contribution in [0.25, 0.3) is 0 Å². The molecule has 0 saturated carbocycles. The fourth-order valence-electron chi connectivity index (χ4n) is 2.00. The molecule has 0 atom stereocenters. The molecule has 0 aromatic rings. The number of hydrogen-bond acceptors (Lipinski definition) is 3. The van der Waals surface area contributed by atoms with Crippen LogP contribution in [0.4, 0.5) is 4.79 Å². The predicted octanol–water partition coefficient (Wildman–Crippen LogP) is 0.463. The Kier molecular flexibility index (Phi) is 6.96. The molecule has 1 aliphatic heterocycles. The quantitative estimate of drug-likeness (QED) is 0.665. The van der Waals surface area contributed by atoms with E-state index in [9.17, 15) is 4.79 Å². The average Bonchev–Trinajstić information content (AvgIpc) is 2.37. The van der Waals surface area contributed by atoms with Gasteiger partial charge in [0.15, 0.2) is 0 Å². The molecule has 2 amide bonds. The molecule has 0 aromatic carbocycles. The van der Waals surface area contributed by atoms with Gasteiger partial charge in [0, 0.05) is 32.7 Å². The van der Waals surface area contributed by atoms with Crippen molar-refractivity contribution in [1.29, 1.82) is 0 Å². The summed E-state index contributed by atoms with van der Waals surface area (Å²) < 4.78 is 0. The molecule has 3 N–H and O–H groups in total. The van der Waals surface area contributed by atoms with Gasteiger partial charge in [0.2, 0.25) is 0 Å². The van der Waals surface area contributed by atoms with Crippen molar-refractivity contribution in [2.45, 2.75) is 26.2 Å². The van der Waals surface area contributed by atoms with E-state index in [0.29, 0.717) is 0 Å². The number of nitrogens with zero attached hydrogens (tertiary/aromatic N) is 2. The Morgan fingerprint density at radius 2 is 1.94 bits per heavy atom. The molecular formula is C12H26N4O. The van der Waals surface area contributed by atoms with E-state index in [0.717, 1.165) is 58.7 Å². The van der Waals surface area contributed by atoms with Gasteiger partial charge >= 0.3 is 6.03 Å². The number of carbonyl (C=O) groups is 1. The van der Waals surface area contributed by atoms with Gasteiger partial charge in [-0.3, -0.25) is 4.90 Å². The lowest BCUT2D eigenvalue weighted by molar-refractivity contribution is 0.138. The summed E-state index contributed by atoms with van der Waals surface area (Å²) in [6.45, 7) is 8.40. The van der Waals surface area contributed by atoms with Crippen molar-refractivity contribution in [2.24, 2.45) is 5.73 Å². The van der Waals surface area contributed by atoms with Crippen LogP contribution in [-0.4, -0.2) is 61.6 Å². The number of nitrogens with one attached hydrogen (secondary N) is 1. The summed E-state index contributed by atoms with van der Waals surface area (Å²) in [7, 11) is 0. The highest BCUT2D eigenvalue weighted by Gasteiger charge is 2.19. The third-order valence-electron chi connectivity index (χ3n) is 3.11. The molecular weight excluding hydrogens is 216 g/mol. The van der Waals surface area contributed by atoms with Gasteiger partial charge < -0.3 is 16.0 Å². The van der Waals surface area contributed by atoms with Crippen molar-refractivity contribution in [3.05, 3.63) is 0 Å². The van der Waals surface area contributed by atoms with E-state index in [1.165, 1.54) is 6.42 Å². The summed E-state index contributed by atoms with van der Waals surface area (Å²) in [6, 6.07) is 0.0912. The molecule has 0 spiro atoms. The molecule has 0 unspecified atom stereocenters. The molecule has 0 bridgehead atoms. The Bertz CT molecular complexity index is 215. The molecule has 0 aliphatic carbocycles. The summed E-state index contributed by atoms with van der Waals surface area (Å²) in [5.41, 5.74) is 5.47. The molecule has 1 fully saturated rings. The Hall–Kier alpha value is -0.810. The highest BCUT2D eigenvalue weighted by atomic mass is 16.2. The fraction of sp³-hybridized carbons (Fsp3) is 0.917. The van der Waals surface area contributed by atoms with Crippen molar-refractivity contribution >= 4 is 6.03 Å². The maximum absolute atomic E-state index is 11.7. The Morgan fingerprint density at radius 3 is 2.53 bits per heavy atom. The van der Waals surface area contributed by atoms with Crippen molar-refractivity contribution in [2.75, 3.05) is 45.8 Å². The van der Waals surface area contributed by atoms with Gasteiger partial charge in [-0.15, -0.1) is 0 Å². The molecule has 1 heterocycles. The Labute approximate surface area is 104 Å². The van der Waals surface area contributed by atoms with Gasteiger partial charge in [0.05, 0.1) is 0 Å². The number of urea groups is 1. The second-order valence-corrected chi connectivity index (χ2v) is 4.56. The first-order valence-electron chi connectivity index (χ1n) is 6.73. The van der Waals surface area contributed by atoms with E-state index < -0.39 is 0 Å². The van der Waals surface area contributed by atoms with Crippen LogP contribution in [0.5, 0.6) is 0 Å². The maximum Gasteiger partial charge on any atom is 0.317 e. The van der Waals surface area contributed by atoms with Crippen LogP contribution < -0.4 is 11.1 Å². The molecule has 1 rings (SSSR count). The monoisotopic (exact) mass is 242 g/mol.